The smallest absolute Gasteiger partial charge is 0.267 e. The normalized spacial score (nSPS) is 22.3. The molecule has 8 nitrogen and oxygen atoms in total. The third kappa shape index (κ3) is 8.75. The van der Waals surface area contributed by atoms with E-state index >= 15 is 0 Å². The fourth-order valence-corrected chi connectivity index (χ4v) is 8.43. The van der Waals surface area contributed by atoms with Crippen LogP contribution in [0.25, 0.3) is 0 Å². The predicted molar refractivity (Wildman–Crippen MR) is 169 cm³/mol. The first-order valence-electron chi connectivity index (χ1n) is 14.7. The van der Waals surface area contributed by atoms with Crippen molar-refractivity contribution in [3.8, 4) is 0 Å². The van der Waals surface area contributed by atoms with E-state index in [9.17, 15) is 19.2 Å². The minimum Gasteiger partial charge on any atom is -0.353 e. The second-order valence-electron chi connectivity index (χ2n) is 11.0. The largest absolute Gasteiger partial charge is 0.353 e. The molecule has 2 saturated carbocycles. The number of hydrogen-bond donors (Lipinski definition) is 2. The Morgan fingerprint density at radius 1 is 0.650 bits per heavy atom. The van der Waals surface area contributed by atoms with Gasteiger partial charge in [0.15, 0.2) is 0 Å². The van der Waals surface area contributed by atoms with Gasteiger partial charge in [-0.15, -0.1) is 0 Å². The molecule has 40 heavy (non-hydrogen) atoms. The van der Waals surface area contributed by atoms with Crippen LogP contribution in [0.3, 0.4) is 0 Å². The summed E-state index contributed by atoms with van der Waals surface area (Å²) in [6.07, 6.45) is 14.8. The summed E-state index contributed by atoms with van der Waals surface area (Å²) in [6.45, 7) is 0.958. The molecule has 0 radical (unpaired) electrons. The van der Waals surface area contributed by atoms with Crippen molar-refractivity contribution in [2.45, 2.75) is 115 Å². The Bertz CT molecular complexity index is 957. The van der Waals surface area contributed by atoms with Gasteiger partial charge in [-0.25, -0.2) is 0 Å². The van der Waals surface area contributed by atoms with E-state index in [1.807, 2.05) is 0 Å². The Morgan fingerprint density at radius 2 is 1.02 bits per heavy atom. The number of thiocarbonyl (C=S) groups is 2. The van der Waals surface area contributed by atoms with Crippen molar-refractivity contribution in [2.24, 2.45) is 0 Å². The molecular weight excluding hydrogens is 585 g/mol. The summed E-state index contributed by atoms with van der Waals surface area (Å²) in [4.78, 5) is 54.4. The SMILES string of the molecule is O=C(CCCCCN1C(=O)C(=C2SC(=S)N(CCCCCC(=O)NC3CCCC3)C2=O)SC1=S)NC1CCCC1. The monoisotopic (exact) mass is 624 g/mol. The van der Waals surface area contributed by atoms with Crippen molar-refractivity contribution in [1.82, 2.24) is 20.4 Å². The summed E-state index contributed by atoms with van der Waals surface area (Å²) < 4.78 is 0.917. The molecule has 0 aromatic rings. The maximum atomic E-state index is 13.1. The highest BCUT2D eigenvalue weighted by atomic mass is 32.2. The number of nitrogens with zero attached hydrogens (tertiary/aromatic N) is 2. The zero-order valence-electron chi connectivity index (χ0n) is 23.0. The summed E-state index contributed by atoms with van der Waals surface area (Å²) in [5, 5.41) is 6.22. The first-order chi connectivity index (χ1) is 19.3. The highest BCUT2D eigenvalue weighted by molar-refractivity contribution is 8.29. The molecule has 0 atom stereocenters. The summed E-state index contributed by atoms with van der Waals surface area (Å²) in [6, 6.07) is 0.685. The molecule has 0 unspecified atom stereocenters. The molecule has 220 valence electrons. The minimum atomic E-state index is -0.234. The molecule has 4 aliphatic rings. The standard InChI is InChI=1S/C28H40N4O4S4/c33-21(29-19-11-5-6-12-19)15-3-1-9-17-31-25(35)23(39-27(31)37)24-26(36)32(28(38)40-24)18-10-2-4-16-22(34)30-20-13-7-8-14-20/h19-20H,1-18H2,(H,29,33)(H,30,34). The molecule has 2 heterocycles. The van der Waals surface area contributed by atoms with Crippen LogP contribution in [0.1, 0.15) is 103 Å². The fourth-order valence-electron chi connectivity index (χ4n) is 5.66. The molecule has 0 bridgehead atoms. The second-order valence-corrected chi connectivity index (χ2v) is 14.3. The van der Waals surface area contributed by atoms with Crippen LogP contribution in [-0.4, -0.2) is 67.2 Å². The number of unbranched alkanes of at least 4 members (excludes halogenated alkanes) is 4. The summed E-state index contributed by atoms with van der Waals surface area (Å²) in [7, 11) is 0. The van der Waals surface area contributed by atoms with E-state index in [0.29, 0.717) is 56.5 Å². The van der Waals surface area contributed by atoms with Crippen LogP contribution in [0.4, 0.5) is 0 Å². The third-order valence-electron chi connectivity index (χ3n) is 7.92. The van der Waals surface area contributed by atoms with Crippen LogP contribution in [0.5, 0.6) is 0 Å². The highest BCUT2D eigenvalue weighted by Gasteiger charge is 2.41. The molecule has 2 aliphatic heterocycles. The van der Waals surface area contributed by atoms with Crippen molar-refractivity contribution in [2.75, 3.05) is 13.1 Å². The average molecular weight is 625 g/mol. The predicted octanol–water partition coefficient (Wildman–Crippen LogP) is 5.16. The van der Waals surface area contributed by atoms with Crippen LogP contribution in [-0.2, 0) is 19.2 Å². The van der Waals surface area contributed by atoms with E-state index in [0.717, 1.165) is 64.2 Å². The molecule has 0 spiro atoms. The van der Waals surface area contributed by atoms with E-state index < -0.39 is 0 Å². The number of carbonyl (C=O) groups is 4. The number of carbonyl (C=O) groups excluding carboxylic acids is 4. The molecule has 4 fully saturated rings. The molecule has 12 heteroatoms. The Hall–Kier alpha value is -1.50. The van der Waals surface area contributed by atoms with E-state index in [1.54, 1.807) is 9.80 Å². The van der Waals surface area contributed by atoms with Crippen molar-refractivity contribution >= 4 is 80.2 Å². The molecule has 4 rings (SSSR count). The molecule has 2 N–H and O–H groups in total. The topological polar surface area (TPSA) is 98.8 Å². The number of amides is 4. The van der Waals surface area contributed by atoms with Gasteiger partial charge in [-0.3, -0.25) is 29.0 Å². The lowest BCUT2D eigenvalue weighted by Gasteiger charge is -2.15. The van der Waals surface area contributed by atoms with E-state index in [-0.39, 0.29) is 23.6 Å². The maximum absolute atomic E-state index is 13.1. The van der Waals surface area contributed by atoms with E-state index in [1.165, 1.54) is 49.2 Å². The highest BCUT2D eigenvalue weighted by Crippen LogP contribution is 2.42. The van der Waals surface area contributed by atoms with Gasteiger partial charge in [-0.2, -0.15) is 0 Å². The summed E-state index contributed by atoms with van der Waals surface area (Å²) in [5.74, 6) is -0.237. The molecule has 2 saturated heterocycles. The van der Waals surface area contributed by atoms with Crippen LogP contribution in [0.15, 0.2) is 9.81 Å². The Labute approximate surface area is 256 Å². The van der Waals surface area contributed by atoms with Crippen LogP contribution >= 0.6 is 48.0 Å². The van der Waals surface area contributed by atoms with Crippen LogP contribution in [0.2, 0.25) is 0 Å². The van der Waals surface area contributed by atoms with Gasteiger partial charge in [-0.05, 0) is 51.4 Å². The van der Waals surface area contributed by atoms with Gasteiger partial charge in [0, 0.05) is 38.0 Å². The van der Waals surface area contributed by atoms with Gasteiger partial charge >= 0.3 is 0 Å². The van der Waals surface area contributed by atoms with Gasteiger partial charge in [0.05, 0.1) is 9.81 Å². The summed E-state index contributed by atoms with van der Waals surface area (Å²) in [5.41, 5.74) is 0. The van der Waals surface area contributed by atoms with Crippen molar-refractivity contribution < 1.29 is 19.2 Å². The molecule has 4 amide bonds. The Morgan fingerprint density at radius 3 is 1.40 bits per heavy atom. The van der Waals surface area contributed by atoms with Crippen LogP contribution < -0.4 is 10.6 Å². The van der Waals surface area contributed by atoms with E-state index in [2.05, 4.69) is 10.6 Å². The van der Waals surface area contributed by atoms with Gasteiger partial charge in [0.25, 0.3) is 11.8 Å². The minimum absolute atomic E-state index is 0.115. The van der Waals surface area contributed by atoms with Gasteiger partial charge in [-0.1, -0.05) is 86.5 Å². The Balaban J connectivity index is 1.16. The Kier molecular flexibility index (Phi) is 12.3. The molecular formula is C28H40N4O4S4. The zero-order valence-corrected chi connectivity index (χ0v) is 26.3. The lowest BCUT2D eigenvalue weighted by atomic mass is 10.1. The lowest BCUT2D eigenvalue weighted by molar-refractivity contribution is -0.124. The third-order valence-corrected chi connectivity index (χ3v) is 10.9. The van der Waals surface area contributed by atoms with Crippen LogP contribution in [0, 0.1) is 0 Å². The number of thioether (sulfide) groups is 2. The quantitative estimate of drug-likeness (QED) is 0.156. The molecule has 0 aromatic carbocycles. The maximum Gasteiger partial charge on any atom is 0.267 e. The first kappa shape index (κ1) is 31.4. The molecule has 2 aliphatic carbocycles. The number of hydrogen-bond acceptors (Lipinski definition) is 8. The van der Waals surface area contributed by atoms with Crippen molar-refractivity contribution in [3.05, 3.63) is 9.81 Å². The van der Waals surface area contributed by atoms with Gasteiger partial charge < -0.3 is 10.6 Å². The summed E-state index contributed by atoms with van der Waals surface area (Å²) >= 11 is 13.3. The zero-order chi connectivity index (χ0) is 28.5. The lowest BCUT2D eigenvalue weighted by Crippen LogP contribution is -2.32. The number of nitrogens with one attached hydrogen (secondary N) is 2. The molecule has 0 aromatic heterocycles. The number of rotatable bonds is 14. The second kappa shape index (κ2) is 15.7. The average Bonchev–Trinajstić information content (AvgIpc) is 3.72. The fraction of sp³-hybridized carbons (Fsp3) is 0.714. The van der Waals surface area contributed by atoms with Gasteiger partial charge in [0.2, 0.25) is 11.8 Å². The van der Waals surface area contributed by atoms with E-state index in [4.69, 9.17) is 24.4 Å². The first-order valence-corrected chi connectivity index (χ1v) is 17.2. The van der Waals surface area contributed by atoms with Gasteiger partial charge in [0.1, 0.15) is 8.64 Å². The van der Waals surface area contributed by atoms with Crippen molar-refractivity contribution in [3.63, 3.8) is 0 Å². The van der Waals surface area contributed by atoms with Crippen molar-refractivity contribution in [1.29, 1.82) is 0 Å².